The SMILES string of the molecule is COCS(=O)(=O)N(C)C. The molecular weight excluding hydrogens is 142 g/mol. The lowest BCUT2D eigenvalue weighted by atomic mass is 11.3. The highest BCUT2D eigenvalue weighted by Gasteiger charge is 2.11. The molecule has 0 saturated heterocycles. The van der Waals surface area contributed by atoms with Gasteiger partial charge in [0.05, 0.1) is 0 Å². The molecule has 0 spiro atoms. The number of rotatable bonds is 3. The van der Waals surface area contributed by atoms with E-state index in [0.29, 0.717) is 0 Å². The first-order chi connectivity index (χ1) is 4.00. The Morgan fingerprint density at radius 1 is 1.44 bits per heavy atom. The average Bonchev–Trinajstić information content (AvgIpc) is 1.65. The van der Waals surface area contributed by atoms with Gasteiger partial charge in [-0.05, 0) is 0 Å². The molecule has 0 aliphatic rings. The number of sulfonamides is 1. The highest BCUT2D eigenvalue weighted by molar-refractivity contribution is 7.88. The van der Waals surface area contributed by atoms with Crippen LogP contribution in [0.15, 0.2) is 0 Å². The minimum Gasteiger partial charge on any atom is -0.367 e. The van der Waals surface area contributed by atoms with Crippen molar-refractivity contribution >= 4 is 10.0 Å². The Morgan fingerprint density at radius 2 is 1.89 bits per heavy atom. The second kappa shape index (κ2) is 3.14. The molecule has 0 amide bonds. The Kier molecular flexibility index (Phi) is 3.10. The quantitative estimate of drug-likeness (QED) is 0.548. The summed E-state index contributed by atoms with van der Waals surface area (Å²) in [4.78, 5) is 0. The fourth-order valence-corrected chi connectivity index (χ4v) is 0.763. The van der Waals surface area contributed by atoms with E-state index in [0.717, 1.165) is 4.31 Å². The average molecular weight is 153 g/mol. The van der Waals surface area contributed by atoms with Gasteiger partial charge < -0.3 is 4.74 Å². The van der Waals surface area contributed by atoms with E-state index in [-0.39, 0.29) is 5.94 Å². The molecule has 0 aliphatic heterocycles. The van der Waals surface area contributed by atoms with Crippen molar-refractivity contribution in [1.82, 2.24) is 4.31 Å². The molecule has 9 heavy (non-hydrogen) atoms. The van der Waals surface area contributed by atoms with Crippen molar-refractivity contribution in [3.05, 3.63) is 0 Å². The van der Waals surface area contributed by atoms with Crippen molar-refractivity contribution in [2.45, 2.75) is 0 Å². The van der Waals surface area contributed by atoms with Gasteiger partial charge in [0.25, 0.3) is 0 Å². The number of nitrogens with zero attached hydrogens (tertiary/aromatic N) is 1. The lowest BCUT2D eigenvalue weighted by molar-refractivity contribution is 0.244. The molecule has 0 rings (SSSR count). The summed E-state index contributed by atoms with van der Waals surface area (Å²) in [5.74, 6) is -0.250. The fourth-order valence-electron chi connectivity index (χ4n) is 0.254. The minimum absolute atomic E-state index is 0.250. The van der Waals surface area contributed by atoms with Crippen LogP contribution < -0.4 is 0 Å². The molecule has 0 aromatic heterocycles. The molecule has 0 aromatic rings. The van der Waals surface area contributed by atoms with Crippen LogP contribution in [0.1, 0.15) is 0 Å². The van der Waals surface area contributed by atoms with Gasteiger partial charge in [-0.1, -0.05) is 0 Å². The molecule has 56 valence electrons. The Hall–Kier alpha value is -0.130. The standard InChI is InChI=1S/C4H11NO3S/c1-5(2)9(6,7)4-8-3/h4H2,1-3H3. The molecule has 0 aliphatic carbocycles. The summed E-state index contributed by atoms with van der Waals surface area (Å²) in [6.45, 7) is 0. The largest absolute Gasteiger partial charge is 0.367 e. The summed E-state index contributed by atoms with van der Waals surface area (Å²) < 4.78 is 27.0. The van der Waals surface area contributed by atoms with E-state index in [2.05, 4.69) is 4.74 Å². The minimum atomic E-state index is -3.14. The monoisotopic (exact) mass is 153 g/mol. The normalized spacial score (nSPS) is 12.4. The summed E-state index contributed by atoms with van der Waals surface area (Å²) in [6, 6.07) is 0. The fraction of sp³-hybridized carbons (Fsp3) is 1.00. The Labute approximate surface area is 55.5 Å². The van der Waals surface area contributed by atoms with Crippen molar-refractivity contribution in [3.8, 4) is 0 Å². The lowest BCUT2D eigenvalue weighted by Crippen LogP contribution is -2.25. The molecule has 0 heterocycles. The molecule has 0 saturated carbocycles. The Bertz CT molecular complexity index is 161. The second-order valence-electron chi connectivity index (χ2n) is 1.80. The zero-order valence-electron chi connectivity index (χ0n) is 5.79. The maximum absolute atomic E-state index is 10.7. The van der Waals surface area contributed by atoms with E-state index in [4.69, 9.17) is 0 Å². The predicted octanol–water partition coefficient (Wildman–Crippen LogP) is -0.518. The summed E-state index contributed by atoms with van der Waals surface area (Å²) in [5, 5.41) is 0. The molecule has 0 bridgehead atoms. The Balaban J connectivity index is 4.05. The van der Waals surface area contributed by atoms with Crippen molar-refractivity contribution in [2.24, 2.45) is 0 Å². The summed E-state index contributed by atoms with van der Waals surface area (Å²) >= 11 is 0. The zero-order valence-corrected chi connectivity index (χ0v) is 6.60. The van der Waals surface area contributed by atoms with Crippen LogP contribution in [0.4, 0.5) is 0 Å². The Morgan fingerprint density at radius 3 is 2.00 bits per heavy atom. The molecule has 0 radical (unpaired) electrons. The first-order valence-corrected chi connectivity index (χ1v) is 4.01. The number of ether oxygens (including phenoxy) is 1. The molecule has 4 nitrogen and oxygen atoms in total. The van der Waals surface area contributed by atoms with Gasteiger partial charge in [0.15, 0.2) is 5.94 Å². The van der Waals surface area contributed by atoms with Gasteiger partial charge in [-0.2, -0.15) is 0 Å². The zero-order chi connectivity index (χ0) is 7.49. The number of methoxy groups -OCH3 is 1. The van der Waals surface area contributed by atoms with Crippen molar-refractivity contribution < 1.29 is 13.2 Å². The van der Waals surface area contributed by atoms with Gasteiger partial charge in [-0.15, -0.1) is 0 Å². The number of hydrogen-bond donors (Lipinski definition) is 0. The van der Waals surface area contributed by atoms with Crippen LogP contribution in [0, 0.1) is 0 Å². The van der Waals surface area contributed by atoms with Crippen LogP contribution in [-0.4, -0.2) is 39.9 Å². The summed E-state index contributed by atoms with van der Waals surface area (Å²) in [6.07, 6.45) is 0. The first-order valence-electron chi connectivity index (χ1n) is 2.40. The third kappa shape index (κ3) is 2.78. The van der Waals surface area contributed by atoms with Gasteiger partial charge in [0.1, 0.15) is 0 Å². The van der Waals surface area contributed by atoms with Gasteiger partial charge >= 0.3 is 0 Å². The smallest absolute Gasteiger partial charge is 0.237 e. The lowest BCUT2D eigenvalue weighted by Gasteiger charge is -2.08. The van der Waals surface area contributed by atoms with Crippen molar-refractivity contribution in [3.63, 3.8) is 0 Å². The van der Waals surface area contributed by atoms with Crippen LogP contribution >= 0.6 is 0 Å². The third-order valence-corrected chi connectivity index (χ3v) is 2.47. The van der Waals surface area contributed by atoms with Crippen molar-refractivity contribution in [2.75, 3.05) is 27.1 Å². The van der Waals surface area contributed by atoms with Gasteiger partial charge in [0, 0.05) is 21.2 Å². The van der Waals surface area contributed by atoms with Gasteiger partial charge in [0.2, 0.25) is 10.0 Å². The second-order valence-corrected chi connectivity index (χ2v) is 3.93. The van der Waals surface area contributed by atoms with Crippen LogP contribution in [0.3, 0.4) is 0 Å². The molecule has 0 unspecified atom stereocenters. The molecule has 0 atom stereocenters. The summed E-state index contributed by atoms with van der Waals surface area (Å²) in [5.41, 5.74) is 0. The predicted molar refractivity (Wildman–Crippen MR) is 34.5 cm³/mol. The van der Waals surface area contributed by atoms with E-state index in [1.165, 1.54) is 21.2 Å². The van der Waals surface area contributed by atoms with Crippen LogP contribution in [0.2, 0.25) is 0 Å². The van der Waals surface area contributed by atoms with E-state index >= 15 is 0 Å². The van der Waals surface area contributed by atoms with Crippen LogP contribution in [0.25, 0.3) is 0 Å². The van der Waals surface area contributed by atoms with Crippen LogP contribution in [-0.2, 0) is 14.8 Å². The highest BCUT2D eigenvalue weighted by atomic mass is 32.2. The molecule has 0 aromatic carbocycles. The van der Waals surface area contributed by atoms with Crippen LogP contribution in [0.5, 0.6) is 0 Å². The van der Waals surface area contributed by atoms with E-state index < -0.39 is 10.0 Å². The molecule has 5 heteroatoms. The highest BCUT2D eigenvalue weighted by Crippen LogP contribution is 1.92. The number of hydrogen-bond acceptors (Lipinski definition) is 3. The molecular formula is C4H11NO3S. The molecule has 0 fully saturated rings. The summed E-state index contributed by atoms with van der Waals surface area (Å²) in [7, 11) is 1.14. The van der Waals surface area contributed by atoms with Crippen molar-refractivity contribution in [1.29, 1.82) is 0 Å². The third-order valence-electron chi connectivity index (χ3n) is 0.823. The van der Waals surface area contributed by atoms with Gasteiger partial charge in [-0.3, -0.25) is 0 Å². The van der Waals surface area contributed by atoms with E-state index in [9.17, 15) is 8.42 Å². The maximum atomic E-state index is 10.7. The van der Waals surface area contributed by atoms with E-state index in [1.54, 1.807) is 0 Å². The van der Waals surface area contributed by atoms with E-state index in [1.807, 2.05) is 0 Å². The maximum Gasteiger partial charge on any atom is 0.237 e. The first kappa shape index (κ1) is 8.87. The topological polar surface area (TPSA) is 46.6 Å². The van der Waals surface area contributed by atoms with Gasteiger partial charge in [-0.25, -0.2) is 12.7 Å². The molecule has 0 N–H and O–H groups in total.